The van der Waals surface area contributed by atoms with Gasteiger partial charge in [-0.25, -0.2) is 0 Å². The topological polar surface area (TPSA) is 40.5 Å². The van der Waals surface area contributed by atoms with E-state index in [2.05, 4.69) is 0 Å². The standard InChI is InChI=1S/C20H18O2/c21-19-12-11-17(13-15-7-3-1-4-8-15)20(22)18(19)14-16-9-5-2-6-10-16/h1-12,21-22H,13-14H2. The van der Waals surface area contributed by atoms with Gasteiger partial charge in [-0.3, -0.25) is 0 Å². The minimum absolute atomic E-state index is 0.137. The van der Waals surface area contributed by atoms with Crippen molar-refractivity contribution < 1.29 is 10.2 Å². The highest BCUT2D eigenvalue weighted by Gasteiger charge is 2.13. The zero-order chi connectivity index (χ0) is 15.4. The molecule has 110 valence electrons. The monoisotopic (exact) mass is 290 g/mol. The zero-order valence-electron chi connectivity index (χ0n) is 12.2. The largest absolute Gasteiger partial charge is 0.508 e. The van der Waals surface area contributed by atoms with E-state index in [1.165, 1.54) is 0 Å². The number of hydrogen-bond acceptors (Lipinski definition) is 2. The van der Waals surface area contributed by atoms with Crippen molar-refractivity contribution in [1.29, 1.82) is 0 Å². The second-order valence-electron chi connectivity index (χ2n) is 5.40. The van der Waals surface area contributed by atoms with Gasteiger partial charge >= 0.3 is 0 Å². The molecule has 0 spiro atoms. The van der Waals surface area contributed by atoms with E-state index in [0.717, 1.165) is 16.7 Å². The van der Waals surface area contributed by atoms with Crippen LogP contribution in [-0.4, -0.2) is 10.2 Å². The van der Waals surface area contributed by atoms with Crippen molar-refractivity contribution in [2.24, 2.45) is 0 Å². The van der Waals surface area contributed by atoms with Crippen LogP contribution in [-0.2, 0) is 12.8 Å². The number of benzene rings is 3. The van der Waals surface area contributed by atoms with Gasteiger partial charge in [-0.2, -0.15) is 0 Å². The summed E-state index contributed by atoms with van der Waals surface area (Å²) < 4.78 is 0. The maximum atomic E-state index is 10.5. The minimum atomic E-state index is 0.137. The van der Waals surface area contributed by atoms with Gasteiger partial charge in [0.15, 0.2) is 0 Å². The summed E-state index contributed by atoms with van der Waals surface area (Å²) in [5.41, 5.74) is 3.61. The third-order valence-corrected chi connectivity index (χ3v) is 3.80. The average Bonchev–Trinajstić information content (AvgIpc) is 2.56. The molecule has 0 unspecified atom stereocenters. The molecule has 0 amide bonds. The number of phenolic OH excluding ortho intramolecular Hbond substituents is 2. The lowest BCUT2D eigenvalue weighted by Gasteiger charge is -2.12. The van der Waals surface area contributed by atoms with Crippen LogP contribution in [0, 0.1) is 0 Å². The fraction of sp³-hybridized carbons (Fsp3) is 0.100. The molecule has 0 bridgehead atoms. The quantitative estimate of drug-likeness (QED) is 0.753. The van der Waals surface area contributed by atoms with Crippen molar-refractivity contribution >= 4 is 0 Å². The van der Waals surface area contributed by atoms with Crippen molar-refractivity contribution in [1.82, 2.24) is 0 Å². The maximum absolute atomic E-state index is 10.5. The van der Waals surface area contributed by atoms with Crippen LogP contribution in [0.15, 0.2) is 72.8 Å². The first kappa shape index (κ1) is 14.2. The molecule has 3 aromatic carbocycles. The Morgan fingerprint density at radius 2 is 1.14 bits per heavy atom. The molecule has 2 heteroatoms. The molecule has 0 saturated carbocycles. The highest BCUT2D eigenvalue weighted by Crippen LogP contribution is 2.33. The normalized spacial score (nSPS) is 10.5. The molecule has 0 radical (unpaired) electrons. The Labute approximate surface area is 130 Å². The lowest BCUT2D eigenvalue weighted by molar-refractivity contribution is 0.437. The summed E-state index contributed by atoms with van der Waals surface area (Å²) in [6, 6.07) is 23.3. The van der Waals surface area contributed by atoms with E-state index >= 15 is 0 Å². The van der Waals surface area contributed by atoms with Crippen LogP contribution >= 0.6 is 0 Å². The molecular formula is C20H18O2. The second-order valence-corrected chi connectivity index (χ2v) is 5.40. The number of hydrogen-bond donors (Lipinski definition) is 2. The Hall–Kier alpha value is -2.74. The van der Waals surface area contributed by atoms with Crippen LogP contribution in [0.4, 0.5) is 0 Å². The molecule has 0 fully saturated rings. The summed E-state index contributed by atoms with van der Waals surface area (Å²) in [5.74, 6) is 0.325. The maximum Gasteiger partial charge on any atom is 0.126 e. The van der Waals surface area contributed by atoms with Crippen molar-refractivity contribution in [2.45, 2.75) is 12.8 Å². The van der Waals surface area contributed by atoms with Crippen molar-refractivity contribution in [2.75, 3.05) is 0 Å². The van der Waals surface area contributed by atoms with Crippen LogP contribution in [0.2, 0.25) is 0 Å². The SMILES string of the molecule is Oc1ccc(Cc2ccccc2)c(O)c1Cc1ccccc1. The highest BCUT2D eigenvalue weighted by atomic mass is 16.3. The Kier molecular flexibility index (Phi) is 4.10. The van der Waals surface area contributed by atoms with Crippen LogP contribution in [0.1, 0.15) is 22.3 Å². The van der Waals surface area contributed by atoms with Gasteiger partial charge in [0.2, 0.25) is 0 Å². The van der Waals surface area contributed by atoms with Crippen LogP contribution < -0.4 is 0 Å². The van der Waals surface area contributed by atoms with E-state index < -0.39 is 0 Å². The zero-order valence-corrected chi connectivity index (χ0v) is 12.2. The predicted octanol–water partition coefficient (Wildman–Crippen LogP) is 4.28. The molecule has 0 aliphatic rings. The van der Waals surface area contributed by atoms with Crippen LogP contribution in [0.25, 0.3) is 0 Å². The van der Waals surface area contributed by atoms with E-state index in [1.54, 1.807) is 12.1 Å². The van der Waals surface area contributed by atoms with E-state index in [0.29, 0.717) is 18.4 Å². The predicted molar refractivity (Wildman–Crippen MR) is 88.3 cm³/mol. The molecule has 2 nitrogen and oxygen atoms in total. The smallest absolute Gasteiger partial charge is 0.126 e. The first-order valence-electron chi connectivity index (χ1n) is 7.34. The fourth-order valence-corrected chi connectivity index (χ4v) is 2.61. The van der Waals surface area contributed by atoms with Gasteiger partial charge in [-0.15, -0.1) is 0 Å². The summed E-state index contributed by atoms with van der Waals surface area (Å²) in [4.78, 5) is 0. The lowest BCUT2D eigenvalue weighted by Crippen LogP contribution is -1.95. The van der Waals surface area contributed by atoms with Gasteiger partial charge in [-0.05, 0) is 22.8 Å². The van der Waals surface area contributed by atoms with Crippen LogP contribution in [0.5, 0.6) is 11.5 Å². The van der Waals surface area contributed by atoms with Crippen LogP contribution in [0.3, 0.4) is 0 Å². The fourth-order valence-electron chi connectivity index (χ4n) is 2.61. The summed E-state index contributed by atoms with van der Waals surface area (Å²) in [6.07, 6.45) is 1.16. The van der Waals surface area contributed by atoms with Crippen molar-refractivity contribution in [3.63, 3.8) is 0 Å². The Balaban J connectivity index is 1.92. The first-order valence-corrected chi connectivity index (χ1v) is 7.34. The molecule has 0 saturated heterocycles. The van der Waals surface area contributed by atoms with Gasteiger partial charge in [0.25, 0.3) is 0 Å². The number of aromatic hydroxyl groups is 2. The van der Waals surface area contributed by atoms with Gasteiger partial charge in [0.1, 0.15) is 11.5 Å². The van der Waals surface area contributed by atoms with Gasteiger partial charge in [-0.1, -0.05) is 66.7 Å². The number of phenols is 2. The average molecular weight is 290 g/mol. The molecule has 0 aliphatic carbocycles. The highest BCUT2D eigenvalue weighted by molar-refractivity contribution is 5.51. The summed E-state index contributed by atoms with van der Waals surface area (Å²) >= 11 is 0. The summed E-state index contributed by atoms with van der Waals surface area (Å²) in [7, 11) is 0. The molecular weight excluding hydrogens is 272 g/mol. The molecule has 0 aromatic heterocycles. The molecule has 0 aliphatic heterocycles. The Morgan fingerprint density at radius 1 is 0.591 bits per heavy atom. The minimum Gasteiger partial charge on any atom is -0.508 e. The third kappa shape index (κ3) is 3.12. The Bertz CT molecular complexity index is 749. The molecule has 0 heterocycles. The lowest BCUT2D eigenvalue weighted by atomic mass is 9.97. The van der Waals surface area contributed by atoms with Crippen molar-refractivity contribution in [3.05, 3.63) is 95.1 Å². The van der Waals surface area contributed by atoms with E-state index in [9.17, 15) is 10.2 Å². The molecule has 0 atom stereocenters. The third-order valence-electron chi connectivity index (χ3n) is 3.80. The molecule has 3 rings (SSSR count). The van der Waals surface area contributed by atoms with Crippen molar-refractivity contribution in [3.8, 4) is 11.5 Å². The van der Waals surface area contributed by atoms with Gasteiger partial charge in [0, 0.05) is 18.4 Å². The van der Waals surface area contributed by atoms with E-state index in [1.807, 2.05) is 60.7 Å². The molecule has 3 aromatic rings. The van der Waals surface area contributed by atoms with E-state index in [-0.39, 0.29) is 11.5 Å². The molecule has 2 N–H and O–H groups in total. The molecule has 22 heavy (non-hydrogen) atoms. The van der Waals surface area contributed by atoms with Gasteiger partial charge < -0.3 is 10.2 Å². The summed E-state index contributed by atoms with van der Waals surface area (Å²) in [6.45, 7) is 0. The summed E-state index contributed by atoms with van der Waals surface area (Å²) in [5, 5.41) is 20.6. The van der Waals surface area contributed by atoms with E-state index in [4.69, 9.17) is 0 Å². The first-order chi connectivity index (χ1) is 10.7. The number of rotatable bonds is 4. The second kappa shape index (κ2) is 6.35. The Morgan fingerprint density at radius 3 is 1.73 bits per heavy atom. The van der Waals surface area contributed by atoms with Gasteiger partial charge in [0.05, 0.1) is 0 Å².